The largest absolute Gasteiger partial charge is 0.447 e. The van der Waals surface area contributed by atoms with E-state index in [1.165, 1.54) is 6.42 Å². The molecule has 1 aliphatic rings. The van der Waals surface area contributed by atoms with Gasteiger partial charge in [0.1, 0.15) is 6.26 Å². The number of aromatic nitrogens is 1. The number of nitrogens with one attached hydrogen (secondary N) is 1. The molecule has 0 aliphatic carbocycles. The minimum Gasteiger partial charge on any atom is -0.447 e. The van der Waals surface area contributed by atoms with Gasteiger partial charge in [0.15, 0.2) is 0 Å². The lowest BCUT2D eigenvalue weighted by Gasteiger charge is -2.02. The van der Waals surface area contributed by atoms with Gasteiger partial charge >= 0.3 is 0 Å². The molecule has 0 spiro atoms. The van der Waals surface area contributed by atoms with Crippen LogP contribution < -0.4 is 11.1 Å². The molecule has 0 saturated carbocycles. The molecule has 0 aromatic carbocycles. The second-order valence-corrected chi connectivity index (χ2v) is 3.72. The van der Waals surface area contributed by atoms with E-state index >= 15 is 0 Å². The van der Waals surface area contributed by atoms with Gasteiger partial charge in [-0.2, -0.15) is 0 Å². The average molecular weight is 195 g/mol. The molecule has 4 heteroatoms. The molecule has 1 aliphatic heterocycles. The van der Waals surface area contributed by atoms with Crippen molar-refractivity contribution in [3.05, 3.63) is 17.8 Å². The number of nitrogens with two attached hydrogens (primary N) is 1. The van der Waals surface area contributed by atoms with E-state index in [0.717, 1.165) is 37.4 Å². The highest BCUT2D eigenvalue weighted by atomic mass is 16.3. The van der Waals surface area contributed by atoms with Crippen LogP contribution in [0, 0.1) is 0 Å². The Kier molecular flexibility index (Phi) is 3.16. The zero-order valence-corrected chi connectivity index (χ0v) is 8.33. The fourth-order valence-corrected chi connectivity index (χ4v) is 1.78. The predicted molar refractivity (Wildman–Crippen MR) is 53.9 cm³/mol. The number of hydrogen-bond acceptors (Lipinski definition) is 4. The SMILES string of the molecule is NCCCc1coc(C2CCCN2)n1. The Morgan fingerprint density at radius 3 is 3.29 bits per heavy atom. The van der Waals surface area contributed by atoms with E-state index in [-0.39, 0.29) is 0 Å². The first-order valence-electron chi connectivity index (χ1n) is 5.28. The molecule has 1 aromatic heterocycles. The molecule has 14 heavy (non-hydrogen) atoms. The molecule has 78 valence electrons. The van der Waals surface area contributed by atoms with Crippen LogP contribution in [-0.4, -0.2) is 18.1 Å². The van der Waals surface area contributed by atoms with E-state index in [1.807, 2.05) is 0 Å². The van der Waals surface area contributed by atoms with Gasteiger partial charge in [-0.1, -0.05) is 0 Å². The molecular weight excluding hydrogens is 178 g/mol. The standard InChI is InChI=1S/C10H17N3O/c11-5-1-3-8-7-14-10(13-8)9-4-2-6-12-9/h7,9,12H,1-6,11H2. The molecule has 1 unspecified atom stereocenters. The highest BCUT2D eigenvalue weighted by Crippen LogP contribution is 2.22. The Labute approximate surface area is 83.9 Å². The summed E-state index contributed by atoms with van der Waals surface area (Å²) in [5, 5.41) is 3.36. The summed E-state index contributed by atoms with van der Waals surface area (Å²) in [6.45, 7) is 1.79. The van der Waals surface area contributed by atoms with Gasteiger partial charge in [0, 0.05) is 0 Å². The minimum absolute atomic E-state index is 0.335. The van der Waals surface area contributed by atoms with Gasteiger partial charge in [0.25, 0.3) is 0 Å². The van der Waals surface area contributed by atoms with Crippen LogP contribution in [0.25, 0.3) is 0 Å². The van der Waals surface area contributed by atoms with Crippen LogP contribution in [0.15, 0.2) is 10.7 Å². The fourth-order valence-electron chi connectivity index (χ4n) is 1.78. The third-order valence-electron chi connectivity index (χ3n) is 2.56. The van der Waals surface area contributed by atoms with Crippen molar-refractivity contribution < 1.29 is 4.42 Å². The van der Waals surface area contributed by atoms with Gasteiger partial charge in [-0.05, 0) is 38.8 Å². The first-order valence-corrected chi connectivity index (χ1v) is 5.28. The number of rotatable bonds is 4. The number of oxazole rings is 1. The van der Waals surface area contributed by atoms with Crippen molar-refractivity contribution in [1.29, 1.82) is 0 Å². The van der Waals surface area contributed by atoms with Gasteiger partial charge in [0.2, 0.25) is 5.89 Å². The van der Waals surface area contributed by atoms with Gasteiger partial charge in [0.05, 0.1) is 11.7 Å². The average Bonchev–Trinajstić information content (AvgIpc) is 2.85. The number of hydrogen-bond donors (Lipinski definition) is 2. The molecule has 0 amide bonds. The Morgan fingerprint density at radius 2 is 2.57 bits per heavy atom. The van der Waals surface area contributed by atoms with Crippen molar-refractivity contribution in [3.63, 3.8) is 0 Å². The molecule has 4 nitrogen and oxygen atoms in total. The lowest BCUT2D eigenvalue weighted by Crippen LogP contribution is -2.13. The summed E-state index contributed by atoms with van der Waals surface area (Å²) >= 11 is 0. The van der Waals surface area contributed by atoms with Crippen molar-refractivity contribution in [2.45, 2.75) is 31.7 Å². The van der Waals surface area contributed by atoms with Crippen molar-refractivity contribution in [1.82, 2.24) is 10.3 Å². The fraction of sp³-hybridized carbons (Fsp3) is 0.700. The second kappa shape index (κ2) is 4.57. The molecule has 0 radical (unpaired) electrons. The predicted octanol–water partition coefficient (Wildman–Crippen LogP) is 0.990. The third-order valence-corrected chi connectivity index (χ3v) is 2.56. The lowest BCUT2D eigenvalue weighted by molar-refractivity contribution is 0.429. The van der Waals surface area contributed by atoms with Crippen molar-refractivity contribution >= 4 is 0 Å². The normalized spacial score (nSPS) is 21.6. The highest BCUT2D eigenvalue weighted by Gasteiger charge is 2.20. The number of nitrogens with zero attached hydrogens (tertiary/aromatic N) is 1. The van der Waals surface area contributed by atoms with Crippen LogP contribution >= 0.6 is 0 Å². The lowest BCUT2D eigenvalue weighted by atomic mass is 10.2. The molecule has 0 bridgehead atoms. The molecular formula is C10H17N3O. The highest BCUT2D eigenvalue weighted by molar-refractivity contribution is 5.01. The van der Waals surface area contributed by atoms with Crippen LogP contribution in [-0.2, 0) is 6.42 Å². The van der Waals surface area contributed by atoms with Gasteiger partial charge in [-0.15, -0.1) is 0 Å². The summed E-state index contributed by atoms with van der Waals surface area (Å²) in [6, 6.07) is 0.335. The van der Waals surface area contributed by atoms with Crippen LogP contribution in [0.4, 0.5) is 0 Å². The van der Waals surface area contributed by atoms with E-state index in [4.69, 9.17) is 10.2 Å². The zero-order chi connectivity index (χ0) is 9.80. The Morgan fingerprint density at radius 1 is 1.64 bits per heavy atom. The monoisotopic (exact) mass is 195 g/mol. The molecule has 1 atom stereocenters. The van der Waals surface area contributed by atoms with Gasteiger partial charge < -0.3 is 15.5 Å². The second-order valence-electron chi connectivity index (χ2n) is 3.72. The van der Waals surface area contributed by atoms with Crippen molar-refractivity contribution in [3.8, 4) is 0 Å². The molecule has 2 heterocycles. The maximum absolute atomic E-state index is 5.43. The Hall–Kier alpha value is -0.870. The molecule has 1 fully saturated rings. The Balaban J connectivity index is 1.94. The molecule has 3 N–H and O–H groups in total. The summed E-state index contributed by atoms with van der Waals surface area (Å²) in [7, 11) is 0. The van der Waals surface area contributed by atoms with E-state index < -0.39 is 0 Å². The van der Waals surface area contributed by atoms with Gasteiger partial charge in [-0.25, -0.2) is 4.98 Å². The topological polar surface area (TPSA) is 64.1 Å². The van der Waals surface area contributed by atoms with Crippen molar-refractivity contribution in [2.24, 2.45) is 5.73 Å². The van der Waals surface area contributed by atoms with Crippen LogP contribution in [0.1, 0.15) is 36.9 Å². The smallest absolute Gasteiger partial charge is 0.211 e. The molecule has 1 aromatic rings. The minimum atomic E-state index is 0.335. The molecule has 1 saturated heterocycles. The quantitative estimate of drug-likeness (QED) is 0.752. The van der Waals surface area contributed by atoms with E-state index in [9.17, 15) is 0 Å². The summed E-state index contributed by atoms with van der Waals surface area (Å²) < 4.78 is 5.43. The first kappa shape index (κ1) is 9.68. The van der Waals surface area contributed by atoms with Crippen LogP contribution in [0.2, 0.25) is 0 Å². The summed E-state index contributed by atoms with van der Waals surface area (Å²) in [6.07, 6.45) is 6.00. The summed E-state index contributed by atoms with van der Waals surface area (Å²) in [5.74, 6) is 0.842. The van der Waals surface area contributed by atoms with Crippen LogP contribution in [0.3, 0.4) is 0 Å². The van der Waals surface area contributed by atoms with Crippen molar-refractivity contribution in [2.75, 3.05) is 13.1 Å². The maximum Gasteiger partial charge on any atom is 0.211 e. The summed E-state index contributed by atoms with van der Waals surface area (Å²) in [4.78, 5) is 4.45. The Bertz CT molecular complexity index is 279. The van der Waals surface area contributed by atoms with E-state index in [2.05, 4.69) is 10.3 Å². The van der Waals surface area contributed by atoms with E-state index in [1.54, 1.807) is 6.26 Å². The molecule has 2 rings (SSSR count). The third kappa shape index (κ3) is 2.13. The van der Waals surface area contributed by atoms with E-state index in [0.29, 0.717) is 12.6 Å². The number of aryl methyl sites for hydroxylation is 1. The first-order chi connectivity index (χ1) is 6.90. The summed E-state index contributed by atoms with van der Waals surface area (Å²) in [5.41, 5.74) is 6.46. The maximum atomic E-state index is 5.43. The van der Waals surface area contributed by atoms with Crippen LogP contribution in [0.5, 0.6) is 0 Å². The zero-order valence-electron chi connectivity index (χ0n) is 8.33. The van der Waals surface area contributed by atoms with Gasteiger partial charge in [-0.3, -0.25) is 0 Å².